The van der Waals surface area contributed by atoms with Crippen LogP contribution in [0.3, 0.4) is 0 Å². The van der Waals surface area contributed by atoms with Gasteiger partial charge in [-0.15, -0.1) is 6.08 Å². The average Bonchev–Trinajstić information content (AvgIpc) is 2.08. The molecule has 2 heteroatoms. The van der Waals surface area contributed by atoms with E-state index in [-0.39, 0.29) is 0 Å². The fourth-order valence-electron chi connectivity index (χ4n) is 0.937. The summed E-state index contributed by atoms with van der Waals surface area (Å²) in [5.41, 5.74) is 2.87. The van der Waals surface area contributed by atoms with E-state index in [1.54, 1.807) is 0 Å². The van der Waals surface area contributed by atoms with Crippen LogP contribution in [0, 0.1) is 6.92 Å². The summed E-state index contributed by atoms with van der Waals surface area (Å²) in [5.74, 6) is 0. The second-order valence-electron chi connectivity index (χ2n) is 3.16. The van der Waals surface area contributed by atoms with Crippen molar-refractivity contribution in [2.24, 2.45) is 0 Å². The molecule has 0 fully saturated rings. The fourth-order valence-corrected chi connectivity index (χ4v) is 0.937. The van der Waals surface area contributed by atoms with Crippen LogP contribution in [-0.4, -0.2) is 0 Å². The summed E-state index contributed by atoms with van der Waals surface area (Å²) in [5, 5.41) is 0. The van der Waals surface area contributed by atoms with Crippen LogP contribution in [0.4, 0.5) is 0 Å². The number of rotatable bonds is 4. The second kappa shape index (κ2) is 12.6. The summed E-state index contributed by atoms with van der Waals surface area (Å²) in [4.78, 5) is 0. The van der Waals surface area contributed by atoms with Gasteiger partial charge >= 0.3 is 30.0 Å². The molecule has 0 aromatic carbocycles. The van der Waals surface area contributed by atoms with E-state index in [9.17, 15) is 0 Å². The Hall–Kier alpha value is 0.583. The SMILES string of the molecule is [CH2-]C/C=C(\C)CCC=C(C)C.[Zn+][Br]. The third kappa shape index (κ3) is 15.3. The van der Waals surface area contributed by atoms with Crippen molar-refractivity contribution in [1.82, 2.24) is 0 Å². The van der Waals surface area contributed by atoms with Gasteiger partial charge < -0.3 is 6.92 Å². The zero-order valence-corrected chi connectivity index (χ0v) is 13.6. The molecular weight excluding hydrogens is 277 g/mol. The molecule has 0 spiro atoms. The molecule has 0 aliphatic heterocycles. The van der Waals surface area contributed by atoms with Gasteiger partial charge in [-0.3, -0.25) is 0 Å². The first-order valence-electron chi connectivity index (χ1n) is 4.51. The Labute approximate surface area is 99.9 Å². The predicted octanol–water partition coefficient (Wildman–Crippen LogP) is 4.75. The number of hydrogen-bond donors (Lipinski definition) is 0. The second-order valence-corrected chi connectivity index (χ2v) is 3.16. The monoisotopic (exact) mass is 294 g/mol. The minimum atomic E-state index is 0.917. The Balaban J connectivity index is 0. The molecule has 0 radical (unpaired) electrons. The van der Waals surface area contributed by atoms with E-state index in [4.69, 9.17) is 0 Å². The number of allylic oxidation sites excluding steroid dienone is 4. The zero-order chi connectivity index (χ0) is 10.7. The van der Waals surface area contributed by atoms with E-state index in [1.165, 1.54) is 40.3 Å². The summed E-state index contributed by atoms with van der Waals surface area (Å²) in [6, 6.07) is 0. The predicted molar refractivity (Wildman–Crippen MR) is 61.3 cm³/mol. The zero-order valence-electron chi connectivity index (χ0n) is 9.07. The molecule has 0 aliphatic rings. The summed E-state index contributed by atoms with van der Waals surface area (Å²) in [6.45, 7) is 10.2. The van der Waals surface area contributed by atoms with Crippen molar-refractivity contribution >= 4 is 13.6 Å². The molecule has 0 rings (SSSR count). The molecule has 72 valence electrons. The van der Waals surface area contributed by atoms with Gasteiger partial charge in [0.25, 0.3) is 0 Å². The molecule has 0 aliphatic carbocycles. The van der Waals surface area contributed by atoms with Crippen molar-refractivity contribution in [3.63, 3.8) is 0 Å². The van der Waals surface area contributed by atoms with Gasteiger partial charge in [0.1, 0.15) is 0 Å². The summed E-state index contributed by atoms with van der Waals surface area (Å²) >= 11 is 4.25. The summed E-state index contributed by atoms with van der Waals surface area (Å²) in [6.07, 6.45) is 7.74. The molecule has 0 bridgehead atoms. The molecule has 0 unspecified atom stereocenters. The van der Waals surface area contributed by atoms with Crippen LogP contribution in [0.5, 0.6) is 0 Å². The van der Waals surface area contributed by atoms with Gasteiger partial charge in [-0.1, -0.05) is 17.2 Å². The number of halogens is 1. The Bertz CT molecular complexity index is 155. The molecule has 0 N–H and O–H groups in total. The van der Waals surface area contributed by atoms with E-state index in [0.717, 1.165) is 6.42 Å². The van der Waals surface area contributed by atoms with Crippen LogP contribution in [0.1, 0.15) is 40.0 Å². The van der Waals surface area contributed by atoms with Crippen LogP contribution in [0.25, 0.3) is 0 Å². The van der Waals surface area contributed by atoms with E-state index in [1.807, 2.05) is 0 Å². The van der Waals surface area contributed by atoms with Crippen molar-refractivity contribution in [1.29, 1.82) is 0 Å². The Morgan fingerprint density at radius 2 is 1.77 bits per heavy atom. The maximum absolute atomic E-state index is 3.78. The van der Waals surface area contributed by atoms with Crippen molar-refractivity contribution in [2.75, 3.05) is 0 Å². The first-order valence-corrected chi connectivity index (χ1v) is 11.5. The van der Waals surface area contributed by atoms with Crippen molar-refractivity contribution < 1.29 is 16.3 Å². The van der Waals surface area contributed by atoms with Crippen LogP contribution in [-0.2, 0) is 16.3 Å². The van der Waals surface area contributed by atoms with Gasteiger partial charge in [-0.25, -0.2) is 0 Å². The van der Waals surface area contributed by atoms with Crippen LogP contribution >= 0.6 is 13.6 Å². The molecular formula is C11H19BrZn. The van der Waals surface area contributed by atoms with Crippen LogP contribution in [0.2, 0.25) is 0 Å². The van der Waals surface area contributed by atoms with Crippen LogP contribution in [0.15, 0.2) is 23.3 Å². The van der Waals surface area contributed by atoms with Crippen molar-refractivity contribution in [3.8, 4) is 0 Å². The van der Waals surface area contributed by atoms with Crippen molar-refractivity contribution in [2.45, 2.75) is 40.0 Å². The third-order valence-corrected chi connectivity index (χ3v) is 1.58. The fraction of sp³-hybridized carbons (Fsp3) is 0.545. The standard InChI is InChI=1S/C11H19.BrH.Zn/c1-5-7-11(4)9-6-8-10(2)3;;/h7-8H,1,5-6,9H2,2-4H3;1H;/q-1;;+2/p-1/b11-7+;;. The van der Waals surface area contributed by atoms with Gasteiger partial charge in [0.2, 0.25) is 0 Å². The first kappa shape index (κ1) is 16.0. The van der Waals surface area contributed by atoms with Gasteiger partial charge in [0.15, 0.2) is 0 Å². The minimum absolute atomic E-state index is 0.917. The van der Waals surface area contributed by atoms with Crippen molar-refractivity contribution in [3.05, 3.63) is 30.2 Å². The van der Waals surface area contributed by atoms with Gasteiger partial charge in [0.05, 0.1) is 0 Å². The van der Waals surface area contributed by atoms with E-state index >= 15 is 0 Å². The van der Waals surface area contributed by atoms with Gasteiger partial charge in [-0.05, 0) is 33.6 Å². The Morgan fingerprint density at radius 1 is 1.23 bits per heavy atom. The average molecular weight is 297 g/mol. The molecule has 0 saturated carbocycles. The molecule has 0 aromatic rings. The van der Waals surface area contributed by atoms with E-state index in [0.29, 0.717) is 0 Å². The molecule has 0 amide bonds. The maximum atomic E-state index is 3.78. The number of hydrogen-bond acceptors (Lipinski definition) is 0. The Morgan fingerprint density at radius 3 is 2.15 bits per heavy atom. The van der Waals surface area contributed by atoms with Gasteiger partial charge in [-0.2, -0.15) is 6.42 Å². The quantitative estimate of drug-likeness (QED) is 0.399. The molecule has 0 heterocycles. The summed E-state index contributed by atoms with van der Waals surface area (Å²) < 4.78 is 0. The molecule has 0 atom stereocenters. The molecule has 13 heavy (non-hydrogen) atoms. The topological polar surface area (TPSA) is 0 Å². The molecule has 0 nitrogen and oxygen atoms in total. The first-order chi connectivity index (χ1) is 6.16. The molecule has 0 saturated heterocycles. The normalized spacial score (nSPS) is 10.2. The van der Waals surface area contributed by atoms with E-state index < -0.39 is 0 Å². The van der Waals surface area contributed by atoms with E-state index in [2.05, 4.69) is 53.5 Å². The third-order valence-electron chi connectivity index (χ3n) is 1.58. The summed E-state index contributed by atoms with van der Waals surface area (Å²) in [7, 11) is 0. The van der Waals surface area contributed by atoms with Gasteiger partial charge in [0, 0.05) is 0 Å². The van der Waals surface area contributed by atoms with Crippen LogP contribution < -0.4 is 0 Å². The Kier molecular flexibility index (Phi) is 15.5. The molecule has 0 aromatic heterocycles.